The van der Waals surface area contributed by atoms with E-state index in [-0.39, 0.29) is 12.2 Å². The predicted octanol–water partition coefficient (Wildman–Crippen LogP) is 0.415. The molecule has 0 radical (unpaired) electrons. The van der Waals surface area contributed by atoms with Crippen LogP contribution in [0, 0.1) is 0 Å². The van der Waals surface area contributed by atoms with Crippen molar-refractivity contribution in [3.63, 3.8) is 0 Å². The van der Waals surface area contributed by atoms with Crippen molar-refractivity contribution in [3.8, 4) is 0 Å². The van der Waals surface area contributed by atoms with E-state index in [2.05, 4.69) is 9.97 Å². The Morgan fingerprint density at radius 3 is 3.08 bits per heavy atom. The number of aromatic amines is 1. The number of aliphatic hydroxyl groups is 1. The van der Waals surface area contributed by atoms with Crippen LogP contribution in [0.1, 0.15) is 5.69 Å². The van der Waals surface area contributed by atoms with E-state index in [4.69, 9.17) is 5.11 Å². The van der Waals surface area contributed by atoms with Crippen LogP contribution in [-0.2, 0) is 6.61 Å². The van der Waals surface area contributed by atoms with E-state index >= 15 is 0 Å². The zero-order valence-corrected chi connectivity index (χ0v) is 6.82. The van der Waals surface area contributed by atoms with E-state index in [0.29, 0.717) is 11.2 Å². The van der Waals surface area contributed by atoms with Gasteiger partial charge in [-0.25, -0.2) is 0 Å². The molecule has 2 aromatic heterocycles. The number of hydrogen-bond donors (Lipinski definition) is 2. The molecule has 2 aromatic rings. The summed E-state index contributed by atoms with van der Waals surface area (Å²) in [6, 6.07) is 4.81. The van der Waals surface area contributed by atoms with Gasteiger partial charge in [-0.05, 0) is 12.1 Å². The second-order valence-electron chi connectivity index (χ2n) is 2.74. The Bertz CT molecular complexity index is 490. The number of H-pyrrole nitrogens is 1. The smallest absolute Gasteiger partial charge is 0.248 e. The molecule has 2 N–H and O–H groups in total. The number of pyridine rings is 2. The van der Waals surface area contributed by atoms with Gasteiger partial charge in [0.1, 0.15) is 0 Å². The molecular formula is C9H8N2O2. The molecule has 0 bridgehead atoms. The zero-order chi connectivity index (χ0) is 9.26. The number of aromatic nitrogens is 2. The van der Waals surface area contributed by atoms with Crippen LogP contribution in [0.5, 0.6) is 0 Å². The Hall–Kier alpha value is -1.68. The Morgan fingerprint density at radius 2 is 2.31 bits per heavy atom. The molecule has 0 unspecified atom stereocenters. The lowest BCUT2D eigenvalue weighted by molar-refractivity contribution is 0.277. The molecule has 0 aliphatic rings. The fourth-order valence-electron chi connectivity index (χ4n) is 1.18. The van der Waals surface area contributed by atoms with Crippen molar-refractivity contribution in [1.82, 2.24) is 9.97 Å². The average molecular weight is 176 g/mol. The largest absolute Gasteiger partial charge is 0.390 e. The van der Waals surface area contributed by atoms with Gasteiger partial charge in [-0.3, -0.25) is 9.78 Å². The number of fused-ring (bicyclic) bond motifs is 1. The van der Waals surface area contributed by atoms with Crippen molar-refractivity contribution >= 4 is 10.9 Å². The Balaban J connectivity index is 2.75. The van der Waals surface area contributed by atoms with Crippen LogP contribution in [0.15, 0.2) is 29.2 Å². The van der Waals surface area contributed by atoms with Crippen molar-refractivity contribution in [2.75, 3.05) is 0 Å². The maximum Gasteiger partial charge on any atom is 0.248 e. The summed E-state index contributed by atoms with van der Waals surface area (Å²) in [6.45, 7) is -0.118. The molecular weight excluding hydrogens is 168 g/mol. The van der Waals surface area contributed by atoms with Gasteiger partial charge in [0.25, 0.3) is 0 Å². The highest BCUT2D eigenvalue weighted by molar-refractivity contribution is 5.77. The summed E-state index contributed by atoms with van der Waals surface area (Å²) in [5.41, 5.74) is 1.10. The number of rotatable bonds is 1. The van der Waals surface area contributed by atoms with Crippen LogP contribution in [0.4, 0.5) is 0 Å². The van der Waals surface area contributed by atoms with Crippen LogP contribution >= 0.6 is 0 Å². The third-order valence-corrected chi connectivity index (χ3v) is 1.83. The fourth-order valence-corrected chi connectivity index (χ4v) is 1.18. The first-order chi connectivity index (χ1) is 6.29. The predicted molar refractivity (Wildman–Crippen MR) is 48.3 cm³/mol. The van der Waals surface area contributed by atoms with E-state index in [1.54, 1.807) is 18.3 Å². The van der Waals surface area contributed by atoms with Crippen molar-refractivity contribution in [3.05, 3.63) is 40.4 Å². The van der Waals surface area contributed by atoms with Crippen LogP contribution < -0.4 is 5.56 Å². The van der Waals surface area contributed by atoms with Crippen LogP contribution in [0.3, 0.4) is 0 Å². The number of aliphatic hydroxyl groups excluding tert-OH is 1. The quantitative estimate of drug-likeness (QED) is 0.661. The molecule has 0 fully saturated rings. The monoisotopic (exact) mass is 176 g/mol. The van der Waals surface area contributed by atoms with E-state index < -0.39 is 0 Å². The molecule has 13 heavy (non-hydrogen) atoms. The standard InChI is InChI=1S/C9H8N2O2/c12-5-7-3-8-6(4-10-7)1-2-9(13)11-8/h1-4,12H,5H2,(H,11,13). The summed E-state index contributed by atoms with van der Waals surface area (Å²) < 4.78 is 0. The van der Waals surface area contributed by atoms with Gasteiger partial charge in [-0.15, -0.1) is 0 Å². The van der Waals surface area contributed by atoms with Crippen molar-refractivity contribution in [2.45, 2.75) is 6.61 Å². The molecule has 0 amide bonds. The van der Waals surface area contributed by atoms with Gasteiger partial charge < -0.3 is 10.1 Å². The van der Waals surface area contributed by atoms with Gasteiger partial charge in [0, 0.05) is 17.6 Å². The number of nitrogens with zero attached hydrogens (tertiary/aromatic N) is 1. The highest BCUT2D eigenvalue weighted by Gasteiger charge is 1.96. The van der Waals surface area contributed by atoms with E-state index in [1.807, 2.05) is 0 Å². The van der Waals surface area contributed by atoms with Gasteiger partial charge in [-0.1, -0.05) is 0 Å². The maximum atomic E-state index is 10.9. The molecule has 0 saturated heterocycles. The molecule has 0 aromatic carbocycles. The lowest BCUT2D eigenvalue weighted by Crippen LogP contribution is -2.03. The van der Waals surface area contributed by atoms with Crippen LogP contribution in [-0.4, -0.2) is 15.1 Å². The average Bonchev–Trinajstić information content (AvgIpc) is 2.16. The number of nitrogens with one attached hydrogen (secondary N) is 1. The van der Waals surface area contributed by atoms with Crippen LogP contribution in [0.25, 0.3) is 10.9 Å². The molecule has 2 heterocycles. The van der Waals surface area contributed by atoms with Gasteiger partial charge in [0.05, 0.1) is 17.8 Å². The fraction of sp³-hybridized carbons (Fsp3) is 0.111. The van der Waals surface area contributed by atoms with Crippen LogP contribution in [0.2, 0.25) is 0 Å². The molecule has 0 aliphatic carbocycles. The summed E-state index contributed by atoms with van der Waals surface area (Å²) in [6.07, 6.45) is 1.62. The molecule has 4 heteroatoms. The Labute approximate surface area is 73.9 Å². The van der Waals surface area contributed by atoms with Crippen molar-refractivity contribution in [2.24, 2.45) is 0 Å². The normalized spacial score (nSPS) is 10.5. The van der Waals surface area contributed by atoms with Gasteiger partial charge in [0.15, 0.2) is 0 Å². The summed E-state index contributed by atoms with van der Waals surface area (Å²) >= 11 is 0. The summed E-state index contributed by atoms with van der Waals surface area (Å²) in [5.74, 6) is 0. The number of hydrogen-bond acceptors (Lipinski definition) is 3. The third kappa shape index (κ3) is 1.43. The first-order valence-electron chi connectivity index (χ1n) is 3.88. The molecule has 0 atom stereocenters. The summed E-state index contributed by atoms with van der Waals surface area (Å²) in [7, 11) is 0. The Morgan fingerprint density at radius 1 is 1.46 bits per heavy atom. The molecule has 0 saturated carbocycles. The van der Waals surface area contributed by atoms with E-state index in [9.17, 15) is 4.79 Å². The maximum absolute atomic E-state index is 10.9. The zero-order valence-electron chi connectivity index (χ0n) is 6.82. The van der Waals surface area contributed by atoms with Gasteiger partial charge in [-0.2, -0.15) is 0 Å². The van der Waals surface area contributed by atoms with Crippen molar-refractivity contribution in [1.29, 1.82) is 0 Å². The molecule has 66 valence electrons. The van der Waals surface area contributed by atoms with Gasteiger partial charge in [0.2, 0.25) is 5.56 Å². The molecule has 0 spiro atoms. The highest BCUT2D eigenvalue weighted by Crippen LogP contribution is 2.08. The minimum absolute atomic E-state index is 0.118. The lowest BCUT2D eigenvalue weighted by Gasteiger charge is -1.98. The first-order valence-corrected chi connectivity index (χ1v) is 3.88. The highest BCUT2D eigenvalue weighted by atomic mass is 16.3. The molecule has 0 aliphatic heterocycles. The first kappa shape index (κ1) is 7.94. The van der Waals surface area contributed by atoms with E-state index in [1.165, 1.54) is 6.07 Å². The lowest BCUT2D eigenvalue weighted by atomic mass is 10.2. The topological polar surface area (TPSA) is 66.0 Å². The summed E-state index contributed by atoms with van der Waals surface area (Å²) in [4.78, 5) is 17.6. The second-order valence-corrected chi connectivity index (χ2v) is 2.74. The minimum atomic E-state index is -0.150. The Kier molecular flexibility index (Phi) is 1.83. The SMILES string of the molecule is O=c1ccc2cnc(CO)cc2[nH]1. The van der Waals surface area contributed by atoms with Gasteiger partial charge >= 0.3 is 0 Å². The molecule has 4 nitrogen and oxygen atoms in total. The van der Waals surface area contributed by atoms with Crippen molar-refractivity contribution < 1.29 is 5.11 Å². The third-order valence-electron chi connectivity index (χ3n) is 1.83. The minimum Gasteiger partial charge on any atom is -0.390 e. The second kappa shape index (κ2) is 2.99. The summed E-state index contributed by atoms with van der Waals surface area (Å²) in [5, 5.41) is 9.67. The van der Waals surface area contributed by atoms with E-state index in [0.717, 1.165) is 5.39 Å². The molecule has 2 rings (SSSR count).